The molecular weight excluding hydrogens is 285 g/mol. The van der Waals surface area contributed by atoms with E-state index >= 15 is 0 Å². The first-order valence-electron chi connectivity index (χ1n) is 5.96. The van der Waals surface area contributed by atoms with Crippen LogP contribution in [0.4, 0.5) is 4.39 Å². The van der Waals surface area contributed by atoms with E-state index in [0.717, 1.165) is 36.0 Å². The standard InChI is InChI=1S/C13H17BrFNO/c14-12-1-2-13(15)11(7-12)8-16-5-3-10(9-17)4-6-16/h1-2,7,10,17H,3-6,8-9H2. The molecule has 2 rings (SSSR count). The normalized spacial score (nSPS) is 18.5. The van der Waals surface area contributed by atoms with Gasteiger partial charge in [-0.15, -0.1) is 0 Å². The number of aliphatic hydroxyl groups excluding tert-OH is 1. The van der Waals surface area contributed by atoms with Gasteiger partial charge in [-0.25, -0.2) is 4.39 Å². The lowest BCUT2D eigenvalue weighted by molar-refractivity contribution is 0.126. The van der Waals surface area contributed by atoms with Crippen LogP contribution in [-0.4, -0.2) is 29.7 Å². The summed E-state index contributed by atoms with van der Waals surface area (Å²) >= 11 is 3.36. The first-order chi connectivity index (χ1) is 8.19. The first kappa shape index (κ1) is 13.0. The molecule has 0 saturated carbocycles. The van der Waals surface area contributed by atoms with Crippen LogP contribution in [0.2, 0.25) is 0 Å². The second-order valence-electron chi connectivity index (χ2n) is 4.64. The topological polar surface area (TPSA) is 23.5 Å². The molecule has 1 heterocycles. The fraction of sp³-hybridized carbons (Fsp3) is 0.538. The van der Waals surface area contributed by atoms with Crippen LogP contribution in [0.15, 0.2) is 22.7 Å². The maximum absolute atomic E-state index is 13.6. The van der Waals surface area contributed by atoms with Gasteiger partial charge in [-0.2, -0.15) is 0 Å². The van der Waals surface area contributed by atoms with Gasteiger partial charge in [-0.3, -0.25) is 4.90 Å². The number of piperidine rings is 1. The van der Waals surface area contributed by atoms with Gasteiger partial charge >= 0.3 is 0 Å². The molecule has 0 atom stereocenters. The van der Waals surface area contributed by atoms with Gasteiger partial charge < -0.3 is 5.11 Å². The van der Waals surface area contributed by atoms with E-state index < -0.39 is 0 Å². The third-order valence-electron chi connectivity index (χ3n) is 3.37. The van der Waals surface area contributed by atoms with Crippen molar-refractivity contribution in [2.24, 2.45) is 5.92 Å². The summed E-state index contributed by atoms with van der Waals surface area (Å²) < 4.78 is 14.5. The number of likely N-dealkylation sites (tertiary alicyclic amines) is 1. The molecule has 4 heteroatoms. The van der Waals surface area contributed by atoms with Crippen LogP contribution in [0.3, 0.4) is 0 Å². The van der Waals surface area contributed by atoms with Crippen LogP contribution in [0, 0.1) is 11.7 Å². The van der Waals surface area contributed by atoms with E-state index in [0.29, 0.717) is 12.5 Å². The van der Waals surface area contributed by atoms with Gasteiger partial charge in [0.05, 0.1) is 0 Å². The molecule has 17 heavy (non-hydrogen) atoms. The Hall–Kier alpha value is -0.450. The molecule has 1 aliphatic heterocycles. The smallest absolute Gasteiger partial charge is 0.127 e. The lowest BCUT2D eigenvalue weighted by Crippen LogP contribution is -2.34. The molecular formula is C13H17BrFNO. The molecule has 94 valence electrons. The quantitative estimate of drug-likeness (QED) is 0.928. The highest BCUT2D eigenvalue weighted by Gasteiger charge is 2.19. The van der Waals surface area contributed by atoms with Crippen LogP contribution >= 0.6 is 15.9 Å². The molecule has 1 aliphatic rings. The molecule has 1 aromatic rings. The Balaban J connectivity index is 1.95. The number of hydrogen-bond acceptors (Lipinski definition) is 2. The van der Waals surface area contributed by atoms with Gasteiger partial charge in [0, 0.05) is 23.2 Å². The van der Waals surface area contributed by atoms with Crippen molar-refractivity contribution in [1.82, 2.24) is 4.90 Å². The molecule has 0 radical (unpaired) electrons. The van der Waals surface area contributed by atoms with Gasteiger partial charge in [0.15, 0.2) is 0 Å². The molecule has 1 saturated heterocycles. The lowest BCUT2D eigenvalue weighted by atomic mass is 9.97. The summed E-state index contributed by atoms with van der Waals surface area (Å²) in [5.41, 5.74) is 0.738. The van der Waals surface area contributed by atoms with Gasteiger partial charge in [-0.05, 0) is 50.0 Å². The summed E-state index contributed by atoms with van der Waals surface area (Å²) in [6, 6.07) is 5.06. The van der Waals surface area contributed by atoms with Gasteiger partial charge in [0.2, 0.25) is 0 Å². The molecule has 0 spiro atoms. The van der Waals surface area contributed by atoms with E-state index in [9.17, 15) is 4.39 Å². The predicted molar refractivity (Wildman–Crippen MR) is 69.2 cm³/mol. The largest absolute Gasteiger partial charge is 0.396 e. The number of rotatable bonds is 3. The van der Waals surface area contributed by atoms with E-state index in [-0.39, 0.29) is 12.4 Å². The summed E-state index contributed by atoms with van der Waals surface area (Å²) in [6.07, 6.45) is 2.01. The molecule has 2 nitrogen and oxygen atoms in total. The molecule has 1 N–H and O–H groups in total. The predicted octanol–water partition coefficient (Wildman–Crippen LogP) is 2.79. The minimum atomic E-state index is -0.141. The van der Waals surface area contributed by atoms with Crippen LogP contribution in [0.25, 0.3) is 0 Å². The number of nitrogens with zero attached hydrogens (tertiary/aromatic N) is 1. The number of hydrogen-bond donors (Lipinski definition) is 1. The number of aliphatic hydroxyl groups is 1. The van der Waals surface area contributed by atoms with Crippen molar-refractivity contribution < 1.29 is 9.50 Å². The molecule has 1 aromatic carbocycles. The average molecular weight is 302 g/mol. The van der Waals surface area contributed by atoms with Crippen LogP contribution in [0.5, 0.6) is 0 Å². The maximum atomic E-state index is 13.6. The highest BCUT2D eigenvalue weighted by Crippen LogP contribution is 2.21. The molecule has 0 bridgehead atoms. The third-order valence-corrected chi connectivity index (χ3v) is 3.86. The summed E-state index contributed by atoms with van der Waals surface area (Å²) in [6.45, 7) is 2.82. The zero-order chi connectivity index (χ0) is 12.3. The molecule has 0 aliphatic carbocycles. The Bertz CT molecular complexity index is 378. The summed E-state index contributed by atoms with van der Waals surface area (Å²) in [7, 11) is 0. The van der Waals surface area contributed by atoms with Gasteiger partial charge in [-0.1, -0.05) is 15.9 Å². The van der Waals surface area contributed by atoms with Gasteiger partial charge in [0.25, 0.3) is 0 Å². The highest BCUT2D eigenvalue weighted by atomic mass is 79.9. The molecule has 1 fully saturated rings. The van der Waals surface area contributed by atoms with E-state index in [1.165, 1.54) is 6.07 Å². The first-order valence-corrected chi connectivity index (χ1v) is 6.75. The van der Waals surface area contributed by atoms with Crippen LogP contribution < -0.4 is 0 Å². The highest BCUT2D eigenvalue weighted by molar-refractivity contribution is 9.10. The second-order valence-corrected chi connectivity index (χ2v) is 5.55. The van der Waals surface area contributed by atoms with E-state index in [1.54, 1.807) is 6.07 Å². The minimum absolute atomic E-state index is 0.141. The van der Waals surface area contributed by atoms with Crippen molar-refractivity contribution in [2.45, 2.75) is 19.4 Å². The van der Waals surface area contributed by atoms with Crippen molar-refractivity contribution in [3.05, 3.63) is 34.1 Å². The molecule has 0 aromatic heterocycles. The number of benzene rings is 1. The number of halogens is 2. The third kappa shape index (κ3) is 3.50. The molecule has 0 unspecified atom stereocenters. The summed E-state index contributed by atoms with van der Waals surface area (Å²) in [5.74, 6) is 0.288. The Labute approximate surface area is 110 Å². The Morgan fingerprint density at radius 3 is 2.71 bits per heavy atom. The lowest BCUT2D eigenvalue weighted by Gasteiger charge is -2.31. The molecule has 0 amide bonds. The SMILES string of the molecule is OCC1CCN(Cc2cc(Br)ccc2F)CC1. The van der Waals surface area contributed by atoms with Crippen LogP contribution in [-0.2, 0) is 6.54 Å². The van der Waals surface area contributed by atoms with E-state index in [2.05, 4.69) is 20.8 Å². The maximum Gasteiger partial charge on any atom is 0.127 e. The Morgan fingerprint density at radius 2 is 2.06 bits per heavy atom. The Kier molecular flexibility index (Phi) is 4.54. The van der Waals surface area contributed by atoms with Crippen molar-refractivity contribution >= 4 is 15.9 Å². The van der Waals surface area contributed by atoms with E-state index in [1.807, 2.05) is 6.07 Å². The van der Waals surface area contributed by atoms with E-state index in [4.69, 9.17) is 5.11 Å². The van der Waals surface area contributed by atoms with Crippen LogP contribution in [0.1, 0.15) is 18.4 Å². The Morgan fingerprint density at radius 1 is 1.35 bits per heavy atom. The fourth-order valence-electron chi connectivity index (χ4n) is 2.23. The van der Waals surface area contributed by atoms with Gasteiger partial charge in [0.1, 0.15) is 5.82 Å². The average Bonchev–Trinajstić information content (AvgIpc) is 2.35. The minimum Gasteiger partial charge on any atom is -0.396 e. The van der Waals surface area contributed by atoms with Crippen molar-refractivity contribution in [3.63, 3.8) is 0 Å². The van der Waals surface area contributed by atoms with Crippen molar-refractivity contribution in [1.29, 1.82) is 0 Å². The summed E-state index contributed by atoms with van der Waals surface area (Å²) in [4.78, 5) is 2.25. The summed E-state index contributed by atoms with van der Waals surface area (Å²) in [5, 5.41) is 9.06. The zero-order valence-corrected chi connectivity index (χ0v) is 11.3. The fourth-order valence-corrected chi connectivity index (χ4v) is 2.64. The van der Waals surface area contributed by atoms with Crippen molar-refractivity contribution in [3.8, 4) is 0 Å². The second kappa shape index (κ2) is 5.94. The van der Waals surface area contributed by atoms with Crippen molar-refractivity contribution in [2.75, 3.05) is 19.7 Å². The zero-order valence-electron chi connectivity index (χ0n) is 9.70. The monoisotopic (exact) mass is 301 g/mol.